The van der Waals surface area contributed by atoms with Crippen LogP contribution in [0, 0.1) is 5.92 Å². The highest BCUT2D eigenvalue weighted by Gasteiger charge is 2.29. The Balaban J connectivity index is 1.54. The predicted octanol–water partition coefficient (Wildman–Crippen LogP) is 0.825. The van der Waals surface area contributed by atoms with Crippen LogP contribution in [-0.4, -0.2) is 36.7 Å². The minimum absolute atomic E-state index is 0.0519. The van der Waals surface area contributed by atoms with Crippen LogP contribution in [0.1, 0.15) is 6.42 Å². The number of nitrogens with one attached hydrogen (secondary N) is 3. The summed E-state index contributed by atoms with van der Waals surface area (Å²) in [5, 5.41) is 8.58. The lowest BCUT2D eigenvalue weighted by molar-refractivity contribution is -0.124. The van der Waals surface area contributed by atoms with E-state index in [1.165, 1.54) is 11.8 Å². The first-order chi connectivity index (χ1) is 9.72. The minimum Gasteiger partial charge on any atom is -0.356 e. The Kier molecular flexibility index (Phi) is 3.93. The number of carbonyl (C=O) groups excluding carboxylic acids is 2. The number of fused-ring (bicyclic) bond motifs is 1. The van der Waals surface area contributed by atoms with Crippen LogP contribution in [0.5, 0.6) is 0 Å². The molecule has 1 fully saturated rings. The van der Waals surface area contributed by atoms with Gasteiger partial charge >= 0.3 is 0 Å². The highest BCUT2D eigenvalue weighted by molar-refractivity contribution is 8.01. The second kappa shape index (κ2) is 5.85. The van der Waals surface area contributed by atoms with E-state index in [2.05, 4.69) is 16.0 Å². The number of para-hydroxylation sites is 1. The summed E-state index contributed by atoms with van der Waals surface area (Å²) in [5.41, 5.74) is 0.833. The zero-order valence-corrected chi connectivity index (χ0v) is 11.8. The van der Waals surface area contributed by atoms with Crippen molar-refractivity contribution in [3.63, 3.8) is 0 Å². The quantitative estimate of drug-likeness (QED) is 0.768. The molecule has 20 heavy (non-hydrogen) atoms. The average molecular weight is 291 g/mol. The van der Waals surface area contributed by atoms with Crippen molar-refractivity contribution in [3.05, 3.63) is 24.3 Å². The molecule has 1 aromatic rings. The number of benzene rings is 1. The maximum absolute atomic E-state index is 12.0. The van der Waals surface area contributed by atoms with Gasteiger partial charge in [0, 0.05) is 36.9 Å². The number of anilines is 1. The van der Waals surface area contributed by atoms with E-state index >= 15 is 0 Å². The van der Waals surface area contributed by atoms with Gasteiger partial charge in [-0.3, -0.25) is 9.59 Å². The topological polar surface area (TPSA) is 70.2 Å². The Morgan fingerprint density at radius 3 is 2.90 bits per heavy atom. The lowest BCUT2D eigenvalue weighted by Crippen LogP contribution is -2.48. The van der Waals surface area contributed by atoms with Crippen LogP contribution < -0.4 is 16.0 Å². The molecule has 3 N–H and O–H groups in total. The Hall–Kier alpha value is -1.53. The standard InChI is InChI=1S/C14H17N3O2S/c18-13(16-8-9-6-15-7-9)5-12-14(19)17-10-3-1-2-4-11(10)20-12/h1-4,9,12,15H,5-8H2,(H,16,18)(H,17,19). The van der Waals surface area contributed by atoms with Gasteiger partial charge in [-0.2, -0.15) is 0 Å². The Bertz CT molecular complexity index is 531. The summed E-state index contributed by atoms with van der Waals surface area (Å²) in [7, 11) is 0. The van der Waals surface area contributed by atoms with E-state index in [4.69, 9.17) is 0 Å². The number of carbonyl (C=O) groups is 2. The summed E-state index contributed by atoms with van der Waals surface area (Å²) in [4.78, 5) is 24.9. The van der Waals surface area contributed by atoms with Gasteiger partial charge in [0.05, 0.1) is 10.9 Å². The molecule has 2 aliphatic heterocycles. The molecule has 1 atom stereocenters. The first-order valence-corrected chi connectivity index (χ1v) is 7.64. The van der Waals surface area contributed by atoms with Crippen molar-refractivity contribution < 1.29 is 9.59 Å². The summed E-state index contributed by atoms with van der Waals surface area (Å²) < 4.78 is 0. The zero-order valence-electron chi connectivity index (χ0n) is 11.0. The molecular weight excluding hydrogens is 274 g/mol. The lowest BCUT2D eigenvalue weighted by atomic mass is 10.0. The molecule has 2 heterocycles. The number of amides is 2. The molecule has 0 bridgehead atoms. The normalized spacial score (nSPS) is 21.6. The van der Waals surface area contributed by atoms with Gasteiger partial charge in [-0.05, 0) is 12.1 Å². The van der Waals surface area contributed by atoms with Crippen LogP contribution in [0.3, 0.4) is 0 Å². The number of thioether (sulfide) groups is 1. The van der Waals surface area contributed by atoms with Gasteiger partial charge in [0.2, 0.25) is 11.8 Å². The highest BCUT2D eigenvalue weighted by Crippen LogP contribution is 2.36. The lowest BCUT2D eigenvalue weighted by Gasteiger charge is -2.28. The molecule has 0 radical (unpaired) electrons. The average Bonchev–Trinajstić information content (AvgIpc) is 2.38. The molecule has 2 aliphatic rings. The van der Waals surface area contributed by atoms with E-state index in [9.17, 15) is 9.59 Å². The summed E-state index contributed by atoms with van der Waals surface area (Å²) >= 11 is 1.46. The summed E-state index contributed by atoms with van der Waals surface area (Å²) in [5.74, 6) is 0.394. The van der Waals surface area contributed by atoms with Gasteiger partial charge in [0.25, 0.3) is 0 Å². The minimum atomic E-state index is -0.343. The van der Waals surface area contributed by atoms with Gasteiger partial charge in [-0.15, -0.1) is 11.8 Å². The smallest absolute Gasteiger partial charge is 0.238 e. The number of hydrogen-bond acceptors (Lipinski definition) is 4. The van der Waals surface area contributed by atoms with Crippen LogP contribution in [0.25, 0.3) is 0 Å². The molecule has 106 valence electrons. The third kappa shape index (κ3) is 2.96. The molecule has 2 amide bonds. The van der Waals surface area contributed by atoms with Crippen molar-refractivity contribution in [1.29, 1.82) is 0 Å². The van der Waals surface area contributed by atoms with Gasteiger partial charge < -0.3 is 16.0 Å². The predicted molar refractivity (Wildman–Crippen MR) is 78.7 cm³/mol. The Labute approximate surface area is 121 Å². The fraction of sp³-hybridized carbons (Fsp3) is 0.429. The molecule has 1 unspecified atom stereocenters. The molecule has 0 spiro atoms. The SMILES string of the molecule is O=C(CC1Sc2ccccc2NC1=O)NCC1CNC1. The zero-order chi connectivity index (χ0) is 13.9. The molecule has 0 aliphatic carbocycles. The third-order valence-corrected chi connectivity index (χ3v) is 4.81. The van der Waals surface area contributed by atoms with E-state index in [0.717, 1.165) is 23.7 Å². The fourth-order valence-electron chi connectivity index (χ4n) is 2.22. The molecular formula is C14H17N3O2S. The second-order valence-corrected chi connectivity index (χ2v) is 6.37. The largest absolute Gasteiger partial charge is 0.356 e. The summed E-state index contributed by atoms with van der Waals surface area (Å²) in [6.45, 7) is 2.63. The van der Waals surface area contributed by atoms with Gasteiger partial charge in [-0.25, -0.2) is 0 Å². The van der Waals surface area contributed by atoms with Crippen molar-refractivity contribution in [3.8, 4) is 0 Å². The molecule has 0 saturated carbocycles. The third-order valence-electron chi connectivity index (χ3n) is 3.53. The molecule has 6 heteroatoms. The van der Waals surface area contributed by atoms with Crippen LogP contribution in [-0.2, 0) is 9.59 Å². The van der Waals surface area contributed by atoms with Crippen LogP contribution in [0.15, 0.2) is 29.2 Å². The van der Waals surface area contributed by atoms with Crippen molar-refractivity contribution in [2.45, 2.75) is 16.6 Å². The first-order valence-electron chi connectivity index (χ1n) is 6.76. The Morgan fingerprint density at radius 1 is 1.35 bits per heavy atom. The van der Waals surface area contributed by atoms with E-state index in [1.54, 1.807) is 0 Å². The van der Waals surface area contributed by atoms with Gasteiger partial charge in [0.1, 0.15) is 0 Å². The van der Waals surface area contributed by atoms with Crippen molar-refractivity contribution in [2.75, 3.05) is 25.0 Å². The van der Waals surface area contributed by atoms with E-state index < -0.39 is 0 Å². The van der Waals surface area contributed by atoms with Crippen LogP contribution >= 0.6 is 11.8 Å². The second-order valence-electron chi connectivity index (χ2n) is 5.12. The summed E-state index contributed by atoms with van der Waals surface area (Å²) in [6.07, 6.45) is 0.227. The van der Waals surface area contributed by atoms with Crippen molar-refractivity contribution in [1.82, 2.24) is 10.6 Å². The van der Waals surface area contributed by atoms with Crippen molar-refractivity contribution in [2.24, 2.45) is 5.92 Å². The van der Waals surface area contributed by atoms with Gasteiger partial charge in [0.15, 0.2) is 0 Å². The molecule has 0 aromatic heterocycles. The monoisotopic (exact) mass is 291 g/mol. The number of rotatable bonds is 4. The van der Waals surface area contributed by atoms with E-state index in [-0.39, 0.29) is 23.5 Å². The number of hydrogen-bond donors (Lipinski definition) is 3. The van der Waals surface area contributed by atoms with E-state index in [1.807, 2.05) is 24.3 Å². The highest BCUT2D eigenvalue weighted by atomic mass is 32.2. The maximum atomic E-state index is 12.0. The first kappa shape index (κ1) is 13.5. The van der Waals surface area contributed by atoms with Gasteiger partial charge in [-0.1, -0.05) is 12.1 Å². The molecule has 3 rings (SSSR count). The van der Waals surface area contributed by atoms with E-state index in [0.29, 0.717) is 12.5 Å². The fourth-order valence-corrected chi connectivity index (χ4v) is 3.33. The Morgan fingerprint density at radius 2 is 2.15 bits per heavy atom. The van der Waals surface area contributed by atoms with Crippen LogP contribution in [0.2, 0.25) is 0 Å². The molecule has 1 aromatic carbocycles. The van der Waals surface area contributed by atoms with Crippen molar-refractivity contribution >= 4 is 29.3 Å². The molecule has 5 nitrogen and oxygen atoms in total. The molecule has 1 saturated heterocycles. The maximum Gasteiger partial charge on any atom is 0.238 e. The van der Waals surface area contributed by atoms with Crippen LogP contribution in [0.4, 0.5) is 5.69 Å². The summed E-state index contributed by atoms with van der Waals surface area (Å²) in [6, 6.07) is 7.66.